The van der Waals surface area contributed by atoms with Crippen LogP contribution in [0.25, 0.3) is 16.6 Å². The first-order valence-electron chi connectivity index (χ1n) is 8.41. The van der Waals surface area contributed by atoms with Crippen molar-refractivity contribution in [1.29, 1.82) is 0 Å². The van der Waals surface area contributed by atoms with E-state index in [1.807, 2.05) is 12.4 Å². The highest BCUT2D eigenvalue weighted by Crippen LogP contribution is 2.36. The molecule has 1 fully saturated rings. The molecule has 0 radical (unpaired) electrons. The Labute approximate surface area is 139 Å². The summed E-state index contributed by atoms with van der Waals surface area (Å²) in [5.74, 6) is 0.487. The minimum atomic E-state index is 0.144. The van der Waals surface area contributed by atoms with Gasteiger partial charge in [-0.15, -0.1) is 0 Å². The molecule has 0 spiro atoms. The minimum Gasteiger partial charge on any atom is -0.383 e. The quantitative estimate of drug-likeness (QED) is 0.781. The van der Waals surface area contributed by atoms with E-state index in [1.54, 1.807) is 0 Å². The number of anilines is 1. The third-order valence-corrected chi connectivity index (χ3v) is 5.06. The Morgan fingerprint density at radius 3 is 2.92 bits per heavy atom. The van der Waals surface area contributed by atoms with Crippen molar-refractivity contribution in [1.82, 2.24) is 30.4 Å². The lowest BCUT2D eigenvalue weighted by molar-refractivity contribution is 0.477. The summed E-state index contributed by atoms with van der Waals surface area (Å²) in [4.78, 5) is 8.67. The predicted molar refractivity (Wildman–Crippen MR) is 92.5 cm³/mol. The van der Waals surface area contributed by atoms with Gasteiger partial charge >= 0.3 is 0 Å². The summed E-state index contributed by atoms with van der Waals surface area (Å²) >= 11 is 0. The molecule has 1 atom stereocenters. The standard InChI is InChI=1S/C17H19N7/c18-15-13-14(11-7-10-5-6-19-16(10)20-8-11)23-24(12-3-1-2-4-12)17(13)22-9-21-15/h5-9,12,16,19-20H,1-4H2,(H2,18,21,22). The van der Waals surface area contributed by atoms with Crippen molar-refractivity contribution in [3.8, 4) is 0 Å². The van der Waals surface area contributed by atoms with Gasteiger partial charge in [-0.05, 0) is 36.8 Å². The number of nitrogens with one attached hydrogen (secondary N) is 2. The van der Waals surface area contributed by atoms with Crippen molar-refractivity contribution in [3.63, 3.8) is 0 Å². The second-order valence-corrected chi connectivity index (χ2v) is 6.53. The van der Waals surface area contributed by atoms with Gasteiger partial charge in [0.1, 0.15) is 24.0 Å². The van der Waals surface area contributed by atoms with Gasteiger partial charge in [0.2, 0.25) is 0 Å². The first-order valence-corrected chi connectivity index (χ1v) is 8.41. The fourth-order valence-corrected chi connectivity index (χ4v) is 3.84. The molecule has 1 unspecified atom stereocenters. The molecule has 0 amide bonds. The molecule has 2 aromatic heterocycles. The lowest BCUT2D eigenvalue weighted by Gasteiger charge is -2.19. The summed E-state index contributed by atoms with van der Waals surface area (Å²) in [5.41, 5.74) is 10.1. The Bertz CT molecular complexity index is 899. The summed E-state index contributed by atoms with van der Waals surface area (Å²) < 4.78 is 2.06. The van der Waals surface area contributed by atoms with E-state index in [9.17, 15) is 0 Å². The molecule has 4 N–H and O–H groups in total. The van der Waals surface area contributed by atoms with Gasteiger partial charge in [0.25, 0.3) is 0 Å². The van der Waals surface area contributed by atoms with Crippen LogP contribution in [0.1, 0.15) is 37.4 Å². The monoisotopic (exact) mass is 321 g/mol. The van der Waals surface area contributed by atoms with E-state index < -0.39 is 0 Å². The maximum Gasteiger partial charge on any atom is 0.164 e. The highest BCUT2D eigenvalue weighted by Gasteiger charge is 2.26. The Morgan fingerprint density at radius 1 is 1.17 bits per heavy atom. The summed E-state index contributed by atoms with van der Waals surface area (Å²) in [6, 6.07) is 0.404. The van der Waals surface area contributed by atoms with Gasteiger partial charge in [0, 0.05) is 11.8 Å². The third kappa shape index (κ3) is 1.94. The average molecular weight is 321 g/mol. The average Bonchev–Trinajstić information content (AvgIpc) is 3.33. The number of hydrogen-bond donors (Lipinski definition) is 3. The molecule has 7 heteroatoms. The van der Waals surface area contributed by atoms with E-state index in [0.717, 1.165) is 35.1 Å². The topological polar surface area (TPSA) is 93.7 Å². The van der Waals surface area contributed by atoms with Gasteiger partial charge in [0.05, 0.1) is 11.4 Å². The van der Waals surface area contributed by atoms with E-state index >= 15 is 0 Å². The van der Waals surface area contributed by atoms with E-state index in [2.05, 4.69) is 37.4 Å². The zero-order chi connectivity index (χ0) is 16.1. The number of nitrogens with zero attached hydrogens (tertiary/aromatic N) is 4. The SMILES string of the molecule is Nc1ncnc2c1c(C1=CNC3NC=CC3=C1)nn2C1CCCC1. The second-order valence-electron chi connectivity index (χ2n) is 6.53. The lowest BCUT2D eigenvalue weighted by atomic mass is 10.0. The molecule has 0 saturated heterocycles. The number of dihydropyridines is 1. The first kappa shape index (κ1) is 13.6. The third-order valence-electron chi connectivity index (χ3n) is 5.06. The van der Waals surface area contributed by atoms with Crippen LogP contribution in [0, 0.1) is 0 Å². The molecule has 4 heterocycles. The van der Waals surface area contributed by atoms with Gasteiger partial charge < -0.3 is 16.4 Å². The van der Waals surface area contributed by atoms with Gasteiger partial charge in [0.15, 0.2) is 5.65 Å². The number of nitrogen functional groups attached to an aromatic ring is 1. The van der Waals surface area contributed by atoms with Crippen LogP contribution in [0.4, 0.5) is 5.82 Å². The van der Waals surface area contributed by atoms with Gasteiger partial charge in [-0.1, -0.05) is 12.8 Å². The molecule has 3 aliphatic rings. The van der Waals surface area contributed by atoms with E-state index in [0.29, 0.717) is 11.9 Å². The molecule has 24 heavy (non-hydrogen) atoms. The van der Waals surface area contributed by atoms with Gasteiger partial charge in [-0.2, -0.15) is 5.10 Å². The van der Waals surface area contributed by atoms with Crippen molar-refractivity contribution < 1.29 is 0 Å². The smallest absolute Gasteiger partial charge is 0.164 e. The van der Waals surface area contributed by atoms with Crippen molar-refractivity contribution in [2.45, 2.75) is 37.9 Å². The molecular formula is C17H19N7. The van der Waals surface area contributed by atoms with Crippen LogP contribution in [0.5, 0.6) is 0 Å². The van der Waals surface area contributed by atoms with E-state index in [4.69, 9.17) is 10.8 Å². The molecule has 2 aliphatic heterocycles. The summed E-state index contributed by atoms with van der Waals surface area (Å²) in [6.45, 7) is 0. The number of fused-ring (bicyclic) bond motifs is 2. The normalized spacial score (nSPS) is 22.9. The summed E-state index contributed by atoms with van der Waals surface area (Å²) in [6.07, 6.45) is 14.6. The molecule has 7 nitrogen and oxygen atoms in total. The Hall–Kier alpha value is -2.83. The molecular weight excluding hydrogens is 302 g/mol. The number of hydrogen-bond acceptors (Lipinski definition) is 6. The molecule has 2 aromatic rings. The number of rotatable bonds is 2. The molecule has 1 aliphatic carbocycles. The number of nitrogens with two attached hydrogens (primary N) is 1. The molecule has 122 valence electrons. The molecule has 0 bridgehead atoms. The molecule has 5 rings (SSSR count). The molecule has 0 aromatic carbocycles. The highest BCUT2D eigenvalue weighted by molar-refractivity contribution is 5.98. The van der Waals surface area contributed by atoms with Crippen molar-refractivity contribution in [3.05, 3.63) is 42.1 Å². The van der Waals surface area contributed by atoms with Crippen LogP contribution in [0.3, 0.4) is 0 Å². The predicted octanol–water partition coefficient (Wildman–Crippen LogP) is 1.84. The maximum atomic E-state index is 6.18. The van der Waals surface area contributed by atoms with Gasteiger partial charge in [-0.25, -0.2) is 14.6 Å². The largest absolute Gasteiger partial charge is 0.383 e. The lowest BCUT2D eigenvalue weighted by Crippen LogP contribution is -2.36. The number of allylic oxidation sites excluding steroid dienone is 2. The number of aromatic nitrogens is 4. The van der Waals surface area contributed by atoms with Gasteiger partial charge in [-0.3, -0.25) is 0 Å². The highest BCUT2D eigenvalue weighted by atomic mass is 15.3. The zero-order valence-electron chi connectivity index (χ0n) is 13.2. The van der Waals surface area contributed by atoms with Crippen molar-refractivity contribution >= 4 is 22.4 Å². The van der Waals surface area contributed by atoms with Crippen LogP contribution >= 0.6 is 0 Å². The van der Waals surface area contributed by atoms with Crippen molar-refractivity contribution in [2.75, 3.05) is 5.73 Å². The van der Waals surface area contributed by atoms with Crippen LogP contribution < -0.4 is 16.4 Å². The fraction of sp³-hybridized carbons (Fsp3) is 0.353. The Balaban J connectivity index is 1.68. The van der Waals surface area contributed by atoms with Crippen molar-refractivity contribution in [2.24, 2.45) is 0 Å². The Morgan fingerprint density at radius 2 is 2.04 bits per heavy atom. The maximum absolute atomic E-state index is 6.18. The summed E-state index contributed by atoms with van der Waals surface area (Å²) in [7, 11) is 0. The second kappa shape index (κ2) is 5.09. The van der Waals surface area contributed by atoms with Crippen LogP contribution in [-0.4, -0.2) is 25.9 Å². The minimum absolute atomic E-state index is 0.144. The van der Waals surface area contributed by atoms with E-state index in [-0.39, 0.29) is 6.17 Å². The first-order chi connectivity index (χ1) is 11.8. The van der Waals surface area contributed by atoms with Crippen LogP contribution in [0.2, 0.25) is 0 Å². The summed E-state index contributed by atoms with van der Waals surface area (Å²) in [5, 5.41) is 12.4. The Kier molecular flexibility index (Phi) is 2.88. The van der Waals surface area contributed by atoms with Crippen LogP contribution in [0.15, 0.2) is 36.5 Å². The fourth-order valence-electron chi connectivity index (χ4n) is 3.84. The van der Waals surface area contributed by atoms with E-state index in [1.165, 1.54) is 24.7 Å². The van der Waals surface area contributed by atoms with Crippen LogP contribution in [-0.2, 0) is 0 Å². The molecule has 1 saturated carbocycles. The zero-order valence-corrected chi connectivity index (χ0v) is 13.2.